The molecule has 2 heterocycles. The Morgan fingerprint density at radius 3 is 1.83 bits per heavy atom. The molecule has 0 radical (unpaired) electrons. The van der Waals surface area contributed by atoms with Crippen molar-refractivity contribution in [2.24, 2.45) is 0 Å². The number of rotatable bonds is 5. The van der Waals surface area contributed by atoms with Gasteiger partial charge in [0.25, 0.3) is 0 Å². The van der Waals surface area contributed by atoms with Gasteiger partial charge in [-0.1, -0.05) is 133 Å². The Morgan fingerprint density at radius 2 is 0.943 bits per heavy atom. The van der Waals surface area contributed by atoms with Crippen molar-refractivity contribution in [2.75, 3.05) is 4.90 Å². The lowest BCUT2D eigenvalue weighted by Gasteiger charge is -2.29. The molecule has 0 spiro atoms. The van der Waals surface area contributed by atoms with Crippen molar-refractivity contribution in [3.63, 3.8) is 0 Å². The Bertz CT molecular complexity index is 3180. The first-order chi connectivity index (χ1) is 26.3. The molecule has 0 unspecified atom stereocenters. The monoisotopic (exact) mass is 677 g/mol. The zero-order valence-corrected chi connectivity index (χ0v) is 28.7. The summed E-state index contributed by atoms with van der Waals surface area (Å²) in [7, 11) is 0. The SMILES string of the molecule is c1ccc(N(c2ccc(-c3ccc4c(c3)oc3ccccc34)cc2)c2cccc3ccccc23)c(-c2cccc3oc4c5ccccc5ccc4c23)c1. The molecule has 11 aromatic rings. The second kappa shape index (κ2) is 11.7. The molecule has 9 aromatic carbocycles. The molecular weight excluding hydrogens is 647 g/mol. The highest BCUT2D eigenvalue weighted by Gasteiger charge is 2.22. The van der Waals surface area contributed by atoms with E-state index in [1.165, 1.54) is 16.2 Å². The molecule has 0 aliphatic heterocycles. The van der Waals surface area contributed by atoms with Gasteiger partial charge in [0.1, 0.15) is 22.3 Å². The van der Waals surface area contributed by atoms with Crippen LogP contribution in [-0.2, 0) is 0 Å². The maximum atomic E-state index is 6.63. The minimum Gasteiger partial charge on any atom is -0.456 e. The van der Waals surface area contributed by atoms with Gasteiger partial charge in [-0.2, -0.15) is 0 Å². The summed E-state index contributed by atoms with van der Waals surface area (Å²) in [5.41, 5.74) is 11.4. The van der Waals surface area contributed by atoms with E-state index in [1.807, 2.05) is 12.1 Å². The van der Waals surface area contributed by atoms with Crippen molar-refractivity contribution in [3.05, 3.63) is 188 Å². The summed E-state index contributed by atoms with van der Waals surface area (Å²) >= 11 is 0. The molecule has 11 rings (SSSR count). The van der Waals surface area contributed by atoms with Crippen molar-refractivity contribution >= 4 is 82.5 Å². The summed E-state index contributed by atoms with van der Waals surface area (Å²) in [5.74, 6) is 0. The second-order valence-corrected chi connectivity index (χ2v) is 13.7. The molecule has 3 heteroatoms. The highest BCUT2D eigenvalue weighted by atomic mass is 16.3. The fourth-order valence-corrected chi connectivity index (χ4v) is 8.19. The van der Waals surface area contributed by atoms with Gasteiger partial charge in [0, 0.05) is 43.6 Å². The molecule has 0 bridgehead atoms. The molecule has 0 fully saturated rings. The summed E-state index contributed by atoms with van der Waals surface area (Å²) in [6.07, 6.45) is 0. The van der Waals surface area contributed by atoms with Gasteiger partial charge >= 0.3 is 0 Å². The van der Waals surface area contributed by atoms with Gasteiger partial charge in [-0.3, -0.25) is 0 Å². The van der Waals surface area contributed by atoms with Crippen LogP contribution in [0.15, 0.2) is 197 Å². The largest absolute Gasteiger partial charge is 0.456 e. The van der Waals surface area contributed by atoms with E-state index < -0.39 is 0 Å². The Balaban J connectivity index is 1.10. The predicted molar refractivity (Wildman–Crippen MR) is 222 cm³/mol. The van der Waals surface area contributed by atoms with E-state index in [9.17, 15) is 0 Å². The molecule has 2 aromatic heterocycles. The lowest BCUT2D eigenvalue weighted by Crippen LogP contribution is -2.11. The summed E-state index contributed by atoms with van der Waals surface area (Å²) in [6, 6.07) is 66.8. The minimum absolute atomic E-state index is 0.881. The maximum absolute atomic E-state index is 6.63. The number of furan rings is 2. The fraction of sp³-hybridized carbons (Fsp3) is 0. The van der Waals surface area contributed by atoms with E-state index >= 15 is 0 Å². The topological polar surface area (TPSA) is 29.5 Å². The number of hydrogen-bond donors (Lipinski definition) is 0. The van der Waals surface area contributed by atoms with Gasteiger partial charge in [-0.15, -0.1) is 0 Å². The Hall–Kier alpha value is -7.10. The van der Waals surface area contributed by atoms with Crippen LogP contribution in [0.2, 0.25) is 0 Å². The Kier molecular flexibility index (Phi) is 6.55. The van der Waals surface area contributed by atoms with Crippen LogP contribution >= 0.6 is 0 Å². The van der Waals surface area contributed by atoms with E-state index in [0.717, 1.165) is 88.6 Å². The van der Waals surface area contributed by atoms with Crippen molar-refractivity contribution in [2.45, 2.75) is 0 Å². The Morgan fingerprint density at radius 1 is 0.340 bits per heavy atom. The third-order valence-corrected chi connectivity index (χ3v) is 10.7. The highest BCUT2D eigenvalue weighted by molar-refractivity contribution is 6.20. The van der Waals surface area contributed by atoms with Crippen molar-refractivity contribution in [1.82, 2.24) is 0 Å². The van der Waals surface area contributed by atoms with Gasteiger partial charge in [0.15, 0.2) is 0 Å². The van der Waals surface area contributed by atoms with E-state index in [-0.39, 0.29) is 0 Å². The number of para-hydroxylation sites is 2. The van der Waals surface area contributed by atoms with Crippen LogP contribution in [0.4, 0.5) is 17.1 Å². The molecule has 53 heavy (non-hydrogen) atoms. The van der Waals surface area contributed by atoms with Gasteiger partial charge in [-0.05, 0) is 82.1 Å². The number of fused-ring (bicyclic) bond motifs is 9. The average molecular weight is 678 g/mol. The van der Waals surface area contributed by atoms with Crippen molar-refractivity contribution < 1.29 is 8.83 Å². The lowest BCUT2D eigenvalue weighted by atomic mass is 9.95. The van der Waals surface area contributed by atoms with Gasteiger partial charge in [0.05, 0.1) is 11.4 Å². The molecule has 248 valence electrons. The normalized spacial score (nSPS) is 11.8. The number of anilines is 3. The van der Waals surface area contributed by atoms with Crippen LogP contribution < -0.4 is 4.90 Å². The first kappa shape index (κ1) is 29.6. The van der Waals surface area contributed by atoms with E-state index in [1.54, 1.807) is 0 Å². The molecule has 0 saturated carbocycles. The lowest BCUT2D eigenvalue weighted by molar-refractivity contribution is 0.669. The quantitative estimate of drug-likeness (QED) is 0.182. The molecule has 0 saturated heterocycles. The maximum Gasteiger partial charge on any atom is 0.143 e. The zero-order chi connectivity index (χ0) is 34.9. The number of hydrogen-bond acceptors (Lipinski definition) is 3. The van der Waals surface area contributed by atoms with E-state index in [0.29, 0.717) is 0 Å². The third-order valence-electron chi connectivity index (χ3n) is 10.7. The highest BCUT2D eigenvalue weighted by Crippen LogP contribution is 2.47. The van der Waals surface area contributed by atoms with Crippen molar-refractivity contribution in [3.8, 4) is 22.3 Å². The standard InChI is InChI=1S/C50H31NO2/c1-3-14-37-33(11-1)13-9-20-44(37)51(36-27-23-32(24-28-36)35-26-29-41-40-17-6-8-21-46(40)52-48(41)31-35)45-19-7-5-16-39(45)42-18-10-22-47-49(42)43-30-25-34-12-2-4-15-38(34)50(43)53-47/h1-31H. The Labute approximate surface area is 305 Å². The second-order valence-electron chi connectivity index (χ2n) is 13.7. The van der Waals surface area contributed by atoms with Gasteiger partial charge < -0.3 is 13.7 Å². The van der Waals surface area contributed by atoms with E-state index in [4.69, 9.17) is 8.83 Å². The van der Waals surface area contributed by atoms with Gasteiger partial charge in [0.2, 0.25) is 0 Å². The summed E-state index contributed by atoms with van der Waals surface area (Å²) in [5, 5.41) is 9.18. The van der Waals surface area contributed by atoms with Crippen LogP contribution in [-0.4, -0.2) is 0 Å². The summed E-state index contributed by atoms with van der Waals surface area (Å²) < 4.78 is 12.9. The summed E-state index contributed by atoms with van der Waals surface area (Å²) in [6.45, 7) is 0. The molecule has 0 aliphatic carbocycles. The molecule has 0 aliphatic rings. The molecule has 0 atom stereocenters. The molecule has 3 nitrogen and oxygen atoms in total. The first-order valence-electron chi connectivity index (χ1n) is 18.0. The van der Waals surface area contributed by atoms with Gasteiger partial charge in [-0.25, -0.2) is 0 Å². The third kappa shape index (κ3) is 4.68. The first-order valence-corrected chi connectivity index (χ1v) is 18.0. The van der Waals surface area contributed by atoms with Crippen LogP contribution in [0.3, 0.4) is 0 Å². The molecule has 0 amide bonds. The fourth-order valence-electron chi connectivity index (χ4n) is 8.19. The van der Waals surface area contributed by atoms with Crippen molar-refractivity contribution in [1.29, 1.82) is 0 Å². The minimum atomic E-state index is 0.881. The molecule has 0 N–H and O–H groups in total. The summed E-state index contributed by atoms with van der Waals surface area (Å²) in [4.78, 5) is 2.40. The van der Waals surface area contributed by atoms with Crippen LogP contribution in [0.1, 0.15) is 0 Å². The predicted octanol–water partition coefficient (Wildman–Crippen LogP) is 14.6. The zero-order valence-electron chi connectivity index (χ0n) is 28.7. The number of nitrogens with zero attached hydrogens (tertiary/aromatic N) is 1. The van der Waals surface area contributed by atoms with Crippen LogP contribution in [0.5, 0.6) is 0 Å². The van der Waals surface area contributed by atoms with Crippen LogP contribution in [0.25, 0.3) is 87.7 Å². The molecular formula is C50H31NO2. The van der Waals surface area contributed by atoms with Crippen LogP contribution in [0, 0.1) is 0 Å². The average Bonchev–Trinajstić information content (AvgIpc) is 3.80. The number of benzene rings is 9. The van der Waals surface area contributed by atoms with E-state index in [2.05, 4.69) is 181 Å². The smallest absolute Gasteiger partial charge is 0.143 e.